The molecule has 1 aliphatic rings. The normalized spacial score (nSPS) is 20.4. The van der Waals surface area contributed by atoms with Gasteiger partial charge in [0.2, 0.25) is 5.91 Å². The van der Waals surface area contributed by atoms with Crippen LogP contribution in [0.1, 0.15) is 31.7 Å². The second-order valence-electron chi connectivity index (χ2n) is 6.01. The highest BCUT2D eigenvalue weighted by Crippen LogP contribution is 2.48. The summed E-state index contributed by atoms with van der Waals surface area (Å²) in [6.45, 7) is 4.08. The van der Waals surface area contributed by atoms with Crippen LogP contribution in [0.25, 0.3) is 0 Å². The summed E-state index contributed by atoms with van der Waals surface area (Å²) in [4.78, 5) is 24.7. The summed E-state index contributed by atoms with van der Waals surface area (Å²) in [5.41, 5.74) is 0.939. The van der Waals surface area contributed by atoms with Crippen LogP contribution in [0.15, 0.2) is 24.3 Å². The van der Waals surface area contributed by atoms with Gasteiger partial charge in [0.25, 0.3) is 0 Å². The van der Waals surface area contributed by atoms with Gasteiger partial charge in [0.1, 0.15) is 12.4 Å². The molecule has 5 heteroatoms. The molecule has 1 aliphatic carbocycles. The molecule has 2 rings (SSSR count). The predicted molar refractivity (Wildman–Crippen MR) is 76.3 cm³/mol. The lowest BCUT2D eigenvalue weighted by atomic mass is 10.1. The molecule has 1 N–H and O–H groups in total. The molecule has 1 fully saturated rings. The number of nitrogens with zero attached hydrogens (tertiary/aromatic N) is 1. The van der Waals surface area contributed by atoms with Crippen LogP contribution in [0, 0.1) is 17.7 Å². The molecule has 0 bridgehead atoms. The lowest BCUT2D eigenvalue weighted by Gasteiger charge is -2.23. The zero-order chi connectivity index (χ0) is 15.6. The Balaban J connectivity index is 2.02. The Bertz CT molecular complexity index is 527. The second kappa shape index (κ2) is 6.24. The van der Waals surface area contributed by atoms with Crippen molar-refractivity contribution in [2.75, 3.05) is 13.1 Å². The van der Waals surface area contributed by atoms with Crippen molar-refractivity contribution in [3.63, 3.8) is 0 Å². The van der Waals surface area contributed by atoms with Crippen molar-refractivity contribution in [2.24, 2.45) is 11.8 Å². The Morgan fingerprint density at radius 1 is 1.33 bits per heavy atom. The quantitative estimate of drug-likeness (QED) is 0.876. The number of hydrogen-bond acceptors (Lipinski definition) is 2. The second-order valence-corrected chi connectivity index (χ2v) is 6.01. The smallest absolute Gasteiger partial charge is 0.323 e. The number of rotatable bonds is 6. The van der Waals surface area contributed by atoms with Crippen molar-refractivity contribution >= 4 is 11.9 Å². The zero-order valence-corrected chi connectivity index (χ0v) is 12.3. The Hall–Kier alpha value is -1.91. The van der Waals surface area contributed by atoms with E-state index in [0.29, 0.717) is 13.0 Å². The zero-order valence-electron chi connectivity index (χ0n) is 12.3. The van der Waals surface area contributed by atoms with Crippen LogP contribution in [0.3, 0.4) is 0 Å². The van der Waals surface area contributed by atoms with Gasteiger partial charge in [-0.05, 0) is 36.0 Å². The number of benzene rings is 1. The number of hydrogen-bond donors (Lipinski definition) is 1. The minimum Gasteiger partial charge on any atom is -0.480 e. The summed E-state index contributed by atoms with van der Waals surface area (Å²) < 4.78 is 12.9. The van der Waals surface area contributed by atoms with Crippen LogP contribution >= 0.6 is 0 Å². The Morgan fingerprint density at radius 3 is 2.48 bits per heavy atom. The van der Waals surface area contributed by atoms with Gasteiger partial charge < -0.3 is 10.0 Å². The van der Waals surface area contributed by atoms with Crippen LogP contribution in [-0.2, 0) is 9.59 Å². The van der Waals surface area contributed by atoms with Crippen molar-refractivity contribution in [1.82, 2.24) is 4.90 Å². The summed E-state index contributed by atoms with van der Waals surface area (Å²) in [7, 11) is 0. The maximum absolute atomic E-state index is 12.9. The van der Waals surface area contributed by atoms with E-state index in [1.54, 1.807) is 12.1 Å². The molecule has 21 heavy (non-hydrogen) atoms. The predicted octanol–water partition coefficient (Wildman–Crippen LogP) is 2.50. The first kappa shape index (κ1) is 15.5. The highest BCUT2D eigenvalue weighted by Gasteiger charge is 2.46. The van der Waals surface area contributed by atoms with Crippen LogP contribution in [0.5, 0.6) is 0 Å². The van der Waals surface area contributed by atoms with E-state index >= 15 is 0 Å². The molecule has 1 aromatic carbocycles. The molecule has 0 saturated heterocycles. The number of carbonyl (C=O) groups excluding carboxylic acids is 1. The number of carboxylic acid groups (broad SMARTS) is 1. The fourth-order valence-corrected chi connectivity index (χ4v) is 2.62. The van der Waals surface area contributed by atoms with Gasteiger partial charge in [0, 0.05) is 12.5 Å². The highest BCUT2D eigenvalue weighted by atomic mass is 19.1. The van der Waals surface area contributed by atoms with Crippen LogP contribution in [0.4, 0.5) is 4.39 Å². The Kier molecular flexibility index (Phi) is 4.60. The molecule has 1 saturated carbocycles. The van der Waals surface area contributed by atoms with Crippen molar-refractivity contribution in [1.29, 1.82) is 0 Å². The first-order chi connectivity index (χ1) is 9.88. The van der Waals surface area contributed by atoms with E-state index in [2.05, 4.69) is 0 Å². The van der Waals surface area contributed by atoms with Crippen LogP contribution in [-0.4, -0.2) is 35.0 Å². The topological polar surface area (TPSA) is 57.6 Å². The van der Waals surface area contributed by atoms with E-state index in [1.165, 1.54) is 17.0 Å². The number of amides is 1. The average Bonchev–Trinajstić information content (AvgIpc) is 3.17. The lowest BCUT2D eigenvalue weighted by Crippen LogP contribution is -2.39. The van der Waals surface area contributed by atoms with Crippen molar-refractivity contribution in [3.8, 4) is 0 Å². The Labute approximate surface area is 123 Å². The summed E-state index contributed by atoms with van der Waals surface area (Å²) >= 11 is 0. The average molecular weight is 293 g/mol. The molecule has 114 valence electrons. The van der Waals surface area contributed by atoms with Crippen molar-refractivity contribution in [3.05, 3.63) is 35.6 Å². The minimum atomic E-state index is -0.997. The van der Waals surface area contributed by atoms with E-state index in [4.69, 9.17) is 5.11 Å². The maximum atomic E-state index is 12.9. The van der Waals surface area contributed by atoms with E-state index in [1.807, 2.05) is 13.8 Å². The lowest BCUT2D eigenvalue weighted by molar-refractivity contribution is -0.145. The molecule has 0 spiro atoms. The molecule has 0 aliphatic heterocycles. The van der Waals surface area contributed by atoms with E-state index < -0.39 is 5.97 Å². The largest absolute Gasteiger partial charge is 0.480 e. The molecule has 0 heterocycles. The molecule has 4 nitrogen and oxygen atoms in total. The standard InChI is InChI=1S/C16H20FNO3/c1-10(2)8-18(9-15(19)20)16(21)14-7-13(14)11-3-5-12(17)6-4-11/h3-6,10,13-14H,7-9H2,1-2H3,(H,19,20). The third-order valence-electron chi connectivity index (χ3n) is 3.63. The molecule has 0 radical (unpaired) electrons. The number of carbonyl (C=O) groups is 2. The van der Waals surface area contributed by atoms with Gasteiger partial charge >= 0.3 is 5.97 Å². The minimum absolute atomic E-state index is 0.0848. The molecule has 0 aromatic heterocycles. The van der Waals surface area contributed by atoms with Gasteiger partial charge in [-0.15, -0.1) is 0 Å². The molecule has 1 aromatic rings. The van der Waals surface area contributed by atoms with Crippen molar-refractivity contribution < 1.29 is 19.1 Å². The van der Waals surface area contributed by atoms with Gasteiger partial charge in [-0.25, -0.2) is 4.39 Å². The molecule has 2 atom stereocenters. The first-order valence-electron chi connectivity index (χ1n) is 7.14. The van der Waals surface area contributed by atoms with E-state index in [0.717, 1.165) is 5.56 Å². The van der Waals surface area contributed by atoms with Crippen LogP contribution < -0.4 is 0 Å². The number of halogens is 1. The number of aliphatic carboxylic acids is 1. The summed E-state index contributed by atoms with van der Waals surface area (Å²) in [5.74, 6) is -1.27. The van der Waals surface area contributed by atoms with Gasteiger partial charge in [0.15, 0.2) is 0 Å². The highest BCUT2D eigenvalue weighted by molar-refractivity contribution is 5.86. The molecular weight excluding hydrogens is 273 g/mol. The van der Waals surface area contributed by atoms with E-state index in [-0.39, 0.29) is 36.0 Å². The summed E-state index contributed by atoms with van der Waals surface area (Å²) in [5, 5.41) is 8.93. The maximum Gasteiger partial charge on any atom is 0.323 e. The van der Waals surface area contributed by atoms with Gasteiger partial charge in [0.05, 0.1) is 0 Å². The molecular formula is C16H20FNO3. The van der Waals surface area contributed by atoms with Crippen LogP contribution in [0.2, 0.25) is 0 Å². The first-order valence-corrected chi connectivity index (χ1v) is 7.14. The SMILES string of the molecule is CC(C)CN(CC(=O)O)C(=O)C1CC1c1ccc(F)cc1. The third-order valence-corrected chi connectivity index (χ3v) is 3.63. The molecule has 1 amide bonds. The Morgan fingerprint density at radius 2 is 1.95 bits per heavy atom. The fraction of sp³-hybridized carbons (Fsp3) is 0.500. The summed E-state index contributed by atoms with van der Waals surface area (Å²) in [6.07, 6.45) is 0.707. The fourth-order valence-electron chi connectivity index (χ4n) is 2.62. The van der Waals surface area contributed by atoms with Gasteiger partial charge in [-0.1, -0.05) is 26.0 Å². The van der Waals surface area contributed by atoms with E-state index in [9.17, 15) is 14.0 Å². The van der Waals surface area contributed by atoms with Crippen molar-refractivity contribution in [2.45, 2.75) is 26.2 Å². The number of carboxylic acids is 1. The monoisotopic (exact) mass is 293 g/mol. The summed E-state index contributed by atoms with van der Waals surface area (Å²) in [6, 6.07) is 6.16. The molecule has 2 unspecified atom stereocenters. The van der Waals surface area contributed by atoms with Gasteiger partial charge in [-0.3, -0.25) is 9.59 Å². The third kappa shape index (κ3) is 4.03. The van der Waals surface area contributed by atoms with Gasteiger partial charge in [-0.2, -0.15) is 0 Å².